The number of H-pyrrole nitrogens is 1. The van der Waals surface area contributed by atoms with Gasteiger partial charge in [0.25, 0.3) is 0 Å². The Morgan fingerprint density at radius 3 is 2.70 bits per heavy atom. The number of aryl methyl sites for hydroxylation is 2. The van der Waals surface area contributed by atoms with Crippen molar-refractivity contribution < 1.29 is 13.6 Å². The van der Waals surface area contributed by atoms with Crippen molar-refractivity contribution in [2.45, 2.75) is 26.7 Å². The molecule has 0 spiro atoms. The van der Waals surface area contributed by atoms with E-state index in [1.165, 1.54) is 6.20 Å². The summed E-state index contributed by atoms with van der Waals surface area (Å²) in [5.74, 6) is 0.382. The number of carbonyl (C=O) groups is 1. The zero-order valence-electron chi connectivity index (χ0n) is 18.5. The molecular formula is C25H22FN5O2. The maximum atomic E-state index is 15.6. The highest BCUT2D eigenvalue weighted by Gasteiger charge is 2.20. The number of pyridine rings is 1. The first-order chi connectivity index (χ1) is 15.9. The van der Waals surface area contributed by atoms with Gasteiger partial charge in [0.2, 0.25) is 0 Å². The number of rotatable bonds is 6. The summed E-state index contributed by atoms with van der Waals surface area (Å²) in [7, 11) is 1.86. The van der Waals surface area contributed by atoms with Gasteiger partial charge in [0.05, 0.1) is 28.7 Å². The van der Waals surface area contributed by atoms with Crippen LogP contribution in [0.5, 0.6) is 0 Å². The quantitative estimate of drug-likeness (QED) is 0.362. The number of Topliss-reactive ketones (excluding diaryl/α,β-unsaturated/α-hetero) is 1. The number of benzene rings is 1. The standard InChI is InChI=1S/C25H22FN5O2/c1-4-22(32)19-12-28-21(10-15-8-9-31(3)30-15)25-18(19)11-20(29-25)16-6-5-7-17(24(16)26)23-13-27-14(2)33-23/h5-9,11-13,29H,4,10H2,1-3H3. The third-order valence-corrected chi connectivity index (χ3v) is 5.66. The Hall–Kier alpha value is -4.07. The van der Waals surface area contributed by atoms with Gasteiger partial charge < -0.3 is 9.40 Å². The largest absolute Gasteiger partial charge is 0.441 e. The lowest BCUT2D eigenvalue weighted by Crippen LogP contribution is -2.02. The Labute approximate surface area is 189 Å². The van der Waals surface area contributed by atoms with Gasteiger partial charge >= 0.3 is 0 Å². The monoisotopic (exact) mass is 443 g/mol. The van der Waals surface area contributed by atoms with E-state index in [9.17, 15) is 4.79 Å². The van der Waals surface area contributed by atoms with E-state index >= 15 is 4.39 Å². The summed E-state index contributed by atoms with van der Waals surface area (Å²) in [6.07, 6.45) is 5.82. The molecular weight excluding hydrogens is 421 g/mol. The molecule has 0 fully saturated rings. The van der Waals surface area contributed by atoms with Gasteiger partial charge in [-0.25, -0.2) is 9.37 Å². The number of nitrogens with one attached hydrogen (secondary N) is 1. The molecule has 0 aliphatic carbocycles. The Kier molecular flexibility index (Phi) is 5.12. The van der Waals surface area contributed by atoms with Gasteiger partial charge in [0.15, 0.2) is 17.4 Å². The fourth-order valence-corrected chi connectivity index (χ4v) is 4.01. The summed E-state index contributed by atoms with van der Waals surface area (Å²) in [4.78, 5) is 24.5. The van der Waals surface area contributed by atoms with Gasteiger partial charge in [-0.2, -0.15) is 5.10 Å². The number of oxazole rings is 1. The van der Waals surface area contributed by atoms with Crippen molar-refractivity contribution in [3.05, 3.63) is 77.6 Å². The molecule has 4 heterocycles. The summed E-state index contributed by atoms with van der Waals surface area (Å²) in [5, 5.41) is 5.15. The lowest BCUT2D eigenvalue weighted by molar-refractivity contribution is 0.0989. The highest BCUT2D eigenvalue weighted by atomic mass is 19.1. The Morgan fingerprint density at radius 1 is 1.18 bits per heavy atom. The summed E-state index contributed by atoms with van der Waals surface area (Å²) >= 11 is 0. The van der Waals surface area contributed by atoms with Gasteiger partial charge in [-0.3, -0.25) is 14.5 Å². The topological polar surface area (TPSA) is 89.6 Å². The van der Waals surface area contributed by atoms with Gasteiger partial charge in [-0.1, -0.05) is 13.0 Å². The molecule has 8 heteroatoms. The molecule has 0 aliphatic rings. The number of hydrogen-bond acceptors (Lipinski definition) is 5. The molecule has 0 atom stereocenters. The minimum atomic E-state index is -0.428. The Balaban J connectivity index is 1.67. The maximum Gasteiger partial charge on any atom is 0.191 e. The van der Waals surface area contributed by atoms with E-state index in [1.807, 2.05) is 32.3 Å². The van der Waals surface area contributed by atoms with E-state index in [0.717, 1.165) is 16.8 Å². The molecule has 1 aromatic carbocycles. The third-order valence-electron chi connectivity index (χ3n) is 5.66. The average molecular weight is 443 g/mol. The first-order valence-corrected chi connectivity index (χ1v) is 10.7. The summed E-state index contributed by atoms with van der Waals surface area (Å²) < 4.78 is 22.8. The maximum absolute atomic E-state index is 15.6. The molecule has 33 heavy (non-hydrogen) atoms. The lowest BCUT2D eigenvalue weighted by atomic mass is 10.0. The predicted octanol–water partition coefficient (Wildman–Crippen LogP) is 5.25. The van der Waals surface area contributed by atoms with Gasteiger partial charge in [0, 0.05) is 61.4 Å². The minimum absolute atomic E-state index is 0.0196. The number of hydrogen-bond donors (Lipinski definition) is 1. The molecule has 0 unspecified atom stereocenters. The summed E-state index contributed by atoms with van der Waals surface area (Å²) in [6.45, 7) is 3.53. The lowest BCUT2D eigenvalue weighted by Gasteiger charge is -2.05. The molecule has 0 radical (unpaired) electrons. The van der Waals surface area contributed by atoms with Crippen LogP contribution in [0, 0.1) is 12.7 Å². The van der Waals surface area contributed by atoms with Crippen LogP contribution in [0.4, 0.5) is 4.39 Å². The fourth-order valence-electron chi connectivity index (χ4n) is 4.01. The van der Waals surface area contributed by atoms with Crippen molar-refractivity contribution in [2.24, 2.45) is 7.05 Å². The van der Waals surface area contributed by atoms with Crippen LogP contribution in [0.3, 0.4) is 0 Å². The van der Waals surface area contributed by atoms with Gasteiger partial charge in [0.1, 0.15) is 5.82 Å². The van der Waals surface area contributed by atoms with Crippen molar-refractivity contribution in [3.8, 4) is 22.6 Å². The van der Waals surface area contributed by atoms with E-state index in [1.54, 1.807) is 36.0 Å². The molecule has 0 aliphatic heterocycles. The van der Waals surface area contributed by atoms with E-state index in [2.05, 4.69) is 20.1 Å². The second-order valence-electron chi connectivity index (χ2n) is 7.94. The predicted molar refractivity (Wildman–Crippen MR) is 122 cm³/mol. The van der Waals surface area contributed by atoms with Crippen LogP contribution >= 0.6 is 0 Å². The van der Waals surface area contributed by atoms with E-state index < -0.39 is 5.82 Å². The number of ketones is 1. The van der Waals surface area contributed by atoms with Crippen LogP contribution in [-0.2, 0) is 13.5 Å². The first kappa shape index (κ1) is 20.8. The molecule has 7 nitrogen and oxygen atoms in total. The molecule has 0 amide bonds. The normalized spacial score (nSPS) is 11.4. The number of aromatic amines is 1. The fraction of sp³-hybridized carbons (Fsp3) is 0.200. The SMILES string of the molecule is CCC(=O)c1cnc(Cc2ccn(C)n2)c2[nH]c(-c3cccc(-c4cnc(C)o4)c3F)cc12. The van der Waals surface area contributed by atoms with Crippen molar-refractivity contribution in [2.75, 3.05) is 0 Å². The van der Waals surface area contributed by atoms with Crippen LogP contribution in [0.1, 0.15) is 41.0 Å². The van der Waals surface area contributed by atoms with E-state index in [0.29, 0.717) is 52.4 Å². The molecule has 4 aromatic heterocycles. The molecule has 0 bridgehead atoms. The molecule has 166 valence electrons. The highest BCUT2D eigenvalue weighted by Crippen LogP contribution is 2.34. The van der Waals surface area contributed by atoms with Crippen molar-refractivity contribution in [1.82, 2.24) is 24.7 Å². The van der Waals surface area contributed by atoms with Crippen molar-refractivity contribution in [1.29, 1.82) is 0 Å². The van der Waals surface area contributed by atoms with Gasteiger partial charge in [-0.15, -0.1) is 0 Å². The number of fused-ring (bicyclic) bond motifs is 1. The molecule has 5 aromatic rings. The summed E-state index contributed by atoms with van der Waals surface area (Å²) in [5.41, 5.74) is 4.06. The van der Waals surface area contributed by atoms with Crippen molar-refractivity contribution >= 4 is 16.7 Å². The average Bonchev–Trinajstić information content (AvgIpc) is 3.54. The third kappa shape index (κ3) is 3.73. The smallest absolute Gasteiger partial charge is 0.191 e. The summed E-state index contributed by atoms with van der Waals surface area (Å²) in [6, 6.07) is 8.85. The molecule has 0 saturated heterocycles. The van der Waals surface area contributed by atoms with Crippen molar-refractivity contribution in [3.63, 3.8) is 0 Å². The van der Waals surface area contributed by atoms with Gasteiger partial charge in [-0.05, 0) is 24.3 Å². The highest BCUT2D eigenvalue weighted by molar-refractivity contribution is 6.08. The Bertz CT molecular complexity index is 1490. The second kappa shape index (κ2) is 8.12. The molecule has 5 rings (SSSR count). The zero-order valence-corrected chi connectivity index (χ0v) is 18.5. The van der Waals surface area contributed by atoms with Crippen LogP contribution < -0.4 is 0 Å². The minimum Gasteiger partial charge on any atom is -0.441 e. The number of aromatic nitrogens is 5. The van der Waals surface area contributed by atoms with E-state index in [-0.39, 0.29) is 5.78 Å². The van der Waals surface area contributed by atoms with Crippen LogP contribution in [-0.4, -0.2) is 30.5 Å². The van der Waals surface area contributed by atoms with Crippen LogP contribution in [0.2, 0.25) is 0 Å². The second-order valence-corrected chi connectivity index (χ2v) is 7.94. The first-order valence-electron chi connectivity index (χ1n) is 10.7. The van der Waals surface area contributed by atoms with E-state index in [4.69, 9.17) is 4.42 Å². The molecule has 1 N–H and O–H groups in total. The van der Waals surface area contributed by atoms with Crippen LogP contribution in [0.15, 0.2) is 53.3 Å². The number of carbonyl (C=O) groups excluding carboxylic acids is 1. The van der Waals surface area contributed by atoms with Crippen LogP contribution in [0.25, 0.3) is 33.5 Å². The molecule has 0 saturated carbocycles. The zero-order chi connectivity index (χ0) is 23.1. The number of nitrogens with zero attached hydrogens (tertiary/aromatic N) is 4. The number of halogens is 1. The Morgan fingerprint density at radius 2 is 2.00 bits per heavy atom.